The van der Waals surface area contributed by atoms with Crippen LogP contribution in [0.25, 0.3) is 16.8 Å². The number of carboxylic acids is 2. The maximum atomic E-state index is 10.6. The number of carbonyl (C=O) groups is 2. The molecule has 4 aromatic rings. The van der Waals surface area contributed by atoms with Gasteiger partial charge in [0.25, 0.3) is 0 Å². The van der Waals surface area contributed by atoms with Gasteiger partial charge in [0, 0.05) is 48.7 Å². The first-order chi connectivity index (χ1) is 18.7. The van der Waals surface area contributed by atoms with Crippen molar-refractivity contribution in [2.24, 2.45) is 0 Å². The zero-order valence-corrected chi connectivity index (χ0v) is 21.1. The Morgan fingerprint density at radius 3 is 2.23 bits per heavy atom. The van der Waals surface area contributed by atoms with Gasteiger partial charge in [-0.05, 0) is 53.6 Å². The molecule has 4 aromatic heterocycles. The van der Waals surface area contributed by atoms with Gasteiger partial charge in [0.2, 0.25) is 0 Å². The molecule has 5 heterocycles. The van der Waals surface area contributed by atoms with Crippen LogP contribution in [-0.4, -0.2) is 72.1 Å². The minimum Gasteiger partial charge on any atom is -0.475 e. The first kappa shape index (κ1) is 30.5. The fourth-order valence-corrected chi connectivity index (χ4v) is 4.27. The Balaban J connectivity index is 0.000000263. The van der Waals surface area contributed by atoms with Crippen molar-refractivity contribution in [3.05, 3.63) is 71.1 Å². The molecule has 1 aliphatic rings. The van der Waals surface area contributed by atoms with Crippen molar-refractivity contribution in [3.8, 4) is 11.1 Å². The summed E-state index contributed by atoms with van der Waals surface area (Å²) in [5.41, 5.74) is 4.51. The average molecular weight is 590 g/mol. The van der Waals surface area contributed by atoms with Crippen LogP contribution in [0, 0.1) is 0 Å². The quantitative estimate of drug-likeness (QED) is 0.315. The maximum absolute atomic E-state index is 10.6. The Morgan fingerprint density at radius 1 is 1.00 bits per heavy atom. The summed E-state index contributed by atoms with van der Waals surface area (Å²) >= 11 is 1.76. The monoisotopic (exact) mass is 589 g/mol. The Hall–Kier alpha value is -4.05. The number of hydrogen-bond donors (Lipinski definition) is 2. The predicted molar refractivity (Wildman–Crippen MR) is 131 cm³/mol. The Kier molecular flexibility index (Phi) is 9.81. The van der Waals surface area contributed by atoms with E-state index in [2.05, 4.69) is 38.8 Å². The molecule has 1 saturated heterocycles. The average Bonchev–Trinajstić information content (AvgIpc) is 3.65. The second-order valence-corrected chi connectivity index (χ2v) is 9.17. The molecule has 214 valence electrons. The standard InChI is InChI=1S/C20H19N5S.2C2HF3O2/c1-2-16(10-21-7-1)17-3-4-19-22-20(23-25(19)13-17)18-5-8-24(12-18)11-15-6-9-26-14-15;2*3-2(4,5)1(6)7/h1-4,6-7,9-10,13-14,18H,5,8,11-12H2;2*(H,6,7). The van der Waals surface area contributed by atoms with E-state index in [1.54, 1.807) is 17.5 Å². The lowest BCUT2D eigenvalue weighted by atomic mass is 10.1. The number of pyridine rings is 2. The van der Waals surface area contributed by atoms with Crippen molar-refractivity contribution >= 4 is 28.9 Å². The summed E-state index contributed by atoms with van der Waals surface area (Å²) in [5.74, 6) is -4.14. The summed E-state index contributed by atoms with van der Waals surface area (Å²) in [6.45, 7) is 3.16. The second-order valence-electron chi connectivity index (χ2n) is 8.39. The van der Waals surface area contributed by atoms with Gasteiger partial charge in [-0.15, -0.1) is 0 Å². The summed E-state index contributed by atoms with van der Waals surface area (Å²) in [7, 11) is 0. The van der Waals surface area contributed by atoms with Crippen molar-refractivity contribution in [1.29, 1.82) is 0 Å². The van der Waals surface area contributed by atoms with E-state index in [4.69, 9.17) is 29.9 Å². The highest BCUT2D eigenvalue weighted by molar-refractivity contribution is 7.07. The number of aliphatic carboxylic acids is 2. The number of thiophene rings is 1. The molecule has 40 heavy (non-hydrogen) atoms. The smallest absolute Gasteiger partial charge is 0.475 e. The van der Waals surface area contributed by atoms with Crippen LogP contribution in [0.15, 0.2) is 59.7 Å². The summed E-state index contributed by atoms with van der Waals surface area (Å²) < 4.78 is 65.4. The molecule has 0 aromatic carbocycles. The molecular weight excluding hydrogens is 568 g/mol. The third-order valence-corrected chi connectivity index (χ3v) is 6.18. The van der Waals surface area contributed by atoms with Crippen LogP contribution in [0.2, 0.25) is 0 Å². The zero-order valence-electron chi connectivity index (χ0n) is 20.3. The molecule has 0 spiro atoms. The van der Waals surface area contributed by atoms with E-state index < -0.39 is 24.3 Å². The third kappa shape index (κ3) is 8.74. The topological polar surface area (TPSA) is 121 Å². The lowest BCUT2D eigenvalue weighted by Gasteiger charge is -2.13. The van der Waals surface area contributed by atoms with Crippen molar-refractivity contribution < 1.29 is 46.1 Å². The molecule has 0 aliphatic carbocycles. The van der Waals surface area contributed by atoms with Crippen LogP contribution in [0.1, 0.15) is 23.7 Å². The first-order valence-corrected chi connectivity index (χ1v) is 12.3. The SMILES string of the molecule is O=C(O)C(F)(F)F.O=C(O)C(F)(F)F.c1cncc(-c2ccc3nc(C4CCN(Cc5ccsc5)C4)nn3c2)c1. The van der Waals surface area contributed by atoms with Gasteiger partial charge in [-0.25, -0.2) is 19.1 Å². The molecule has 0 amide bonds. The lowest BCUT2D eigenvalue weighted by Crippen LogP contribution is -2.21. The van der Waals surface area contributed by atoms with Crippen molar-refractivity contribution in [2.45, 2.75) is 31.2 Å². The van der Waals surface area contributed by atoms with Crippen LogP contribution >= 0.6 is 11.3 Å². The number of fused-ring (bicyclic) bond motifs is 1. The Bertz CT molecular complexity index is 1390. The highest BCUT2D eigenvalue weighted by atomic mass is 32.1. The number of likely N-dealkylation sites (tertiary alicyclic amines) is 1. The van der Waals surface area contributed by atoms with Crippen LogP contribution in [-0.2, 0) is 16.1 Å². The maximum Gasteiger partial charge on any atom is 0.490 e. The second kappa shape index (κ2) is 12.9. The van der Waals surface area contributed by atoms with Gasteiger partial charge >= 0.3 is 24.3 Å². The summed E-state index contributed by atoms with van der Waals surface area (Å²) in [6, 6.07) is 10.3. The zero-order chi connectivity index (χ0) is 29.5. The van der Waals surface area contributed by atoms with Gasteiger partial charge in [0.1, 0.15) is 0 Å². The number of alkyl halides is 6. The van der Waals surface area contributed by atoms with Gasteiger partial charge in [-0.3, -0.25) is 9.88 Å². The molecule has 2 N–H and O–H groups in total. The Labute approximate surface area is 226 Å². The lowest BCUT2D eigenvalue weighted by molar-refractivity contribution is -0.193. The van der Waals surface area contributed by atoms with Gasteiger partial charge in [0.05, 0.1) is 0 Å². The first-order valence-electron chi connectivity index (χ1n) is 11.3. The van der Waals surface area contributed by atoms with Crippen LogP contribution in [0.3, 0.4) is 0 Å². The van der Waals surface area contributed by atoms with E-state index in [0.717, 1.165) is 48.7 Å². The third-order valence-electron chi connectivity index (χ3n) is 5.45. The number of hydrogen-bond acceptors (Lipinski definition) is 7. The molecular formula is C24H21F6N5O4S. The van der Waals surface area contributed by atoms with Crippen LogP contribution in [0.5, 0.6) is 0 Å². The molecule has 0 saturated carbocycles. The minimum absolute atomic E-state index is 0.412. The molecule has 0 bridgehead atoms. The predicted octanol–water partition coefficient (Wildman–Crippen LogP) is 5.11. The molecule has 1 unspecified atom stereocenters. The minimum atomic E-state index is -5.08. The van der Waals surface area contributed by atoms with E-state index in [-0.39, 0.29) is 0 Å². The van der Waals surface area contributed by atoms with Crippen LogP contribution < -0.4 is 0 Å². The number of halogens is 6. The number of aromatic nitrogens is 4. The van der Waals surface area contributed by atoms with Crippen LogP contribution in [0.4, 0.5) is 26.3 Å². The van der Waals surface area contributed by atoms with E-state index in [9.17, 15) is 26.3 Å². The summed E-state index contributed by atoms with van der Waals surface area (Å²) in [5, 5.41) is 23.4. The van der Waals surface area contributed by atoms with E-state index in [0.29, 0.717) is 5.92 Å². The molecule has 0 radical (unpaired) electrons. The molecule has 1 aliphatic heterocycles. The molecule has 9 nitrogen and oxygen atoms in total. The summed E-state index contributed by atoms with van der Waals surface area (Å²) in [4.78, 5) is 29.3. The normalized spacial score (nSPS) is 15.6. The molecule has 5 rings (SSSR count). The largest absolute Gasteiger partial charge is 0.490 e. The van der Waals surface area contributed by atoms with E-state index in [1.807, 2.05) is 29.0 Å². The number of carboxylic acid groups (broad SMARTS) is 2. The highest BCUT2D eigenvalue weighted by Crippen LogP contribution is 2.27. The number of nitrogens with zero attached hydrogens (tertiary/aromatic N) is 5. The summed E-state index contributed by atoms with van der Waals surface area (Å²) in [6.07, 6.45) is -3.34. The fourth-order valence-electron chi connectivity index (χ4n) is 3.61. The van der Waals surface area contributed by atoms with Gasteiger partial charge in [-0.1, -0.05) is 6.07 Å². The fraction of sp³-hybridized carbons (Fsp3) is 0.292. The highest BCUT2D eigenvalue weighted by Gasteiger charge is 2.38. The van der Waals surface area contributed by atoms with E-state index in [1.165, 1.54) is 5.56 Å². The molecule has 16 heteroatoms. The van der Waals surface area contributed by atoms with Gasteiger partial charge < -0.3 is 10.2 Å². The van der Waals surface area contributed by atoms with Crippen molar-refractivity contribution in [2.75, 3.05) is 13.1 Å². The van der Waals surface area contributed by atoms with Gasteiger partial charge in [-0.2, -0.15) is 42.8 Å². The molecule has 1 fully saturated rings. The number of rotatable bonds is 4. The molecule has 1 atom stereocenters. The van der Waals surface area contributed by atoms with E-state index >= 15 is 0 Å². The van der Waals surface area contributed by atoms with Gasteiger partial charge in [0.15, 0.2) is 11.5 Å². The van der Waals surface area contributed by atoms with Crippen molar-refractivity contribution in [3.63, 3.8) is 0 Å². The van der Waals surface area contributed by atoms with Crippen molar-refractivity contribution in [1.82, 2.24) is 24.5 Å². The Morgan fingerprint density at radius 2 is 1.68 bits per heavy atom.